The minimum atomic E-state index is -3.62. The van der Waals surface area contributed by atoms with Gasteiger partial charge < -0.3 is 0 Å². The molecule has 6 heteroatoms. The second-order valence-corrected chi connectivity index (χ2v) is 5.78. The van der Waals surface area contributed by atoms with Gasteiger partial charge in [0.2, 0.25) is 9.84 Å². The van der Waals surface area contributed by atoms with Crippen molar-refractivity contribution in [3.63, 3.8) is 0 Å². The summed E-state index contributed by atoms with van der Waals surface area (Å²) >= 11 is 11.3. The normalized spacial score (nSPS) is 18.5. The van der Waals surface area contributed by atoms with Crippen LogP contribution in [0.5, 0.6) is 0 Å². The highest BCUT2D eigenvalue weighted by atomic mass is 35.5. The summed E-state index contributed by atoms with van der Waals surface area (Å²) < 4.78 is 23.0. The number of nitrogens with zero attached hydrogens (tertiary/aromatic N) is 1. The number of benzene rings is 1. The average Bonchev–Trinajstić information content (AvgIpc) is 2.42. The topological polar surface area (TPSA) is 46.5 Å². The Hall–Kier alpha value is -0.840. The van der Waals surface area contributed by atoms with Crippen molar-refractivity contribution in [3.8, 4) is 0 Å². The van der Waals surface area contributed by atoms with Gasteiger partial charge in [-0.15, -0.1) is 0 Å². The van der Waals surface area contributed by atoms with Crippen LogP contribution in [0.4, 0.5) is 0 Å². The molecule has 1 aliphatic heterocycles. The number of sulfone groups is 1. The zero-order chi connectivity index (χ0) is 11.1. The fourth-order valence-corrected chi connectivity index (χ4v) is 2.65. The molecule has 15 heavy (non-hydrogen) atoms. The molecule has 0 atom stereocenters. The molecule has 0 amide bonds. The van der Waals surface area contributed by atoms with Gasteiger partial charge in [0, 0.05) is 10.6 Å². The minimum Gasteiger partial charge on any atom is -0.241 e. The van der Waals surface area contributed by atoms with Crippen LogP contribution >= 0.6 is 23.2 Å². The van der Waals surface area contributed by atoms with Crippen molar-refractivity contribution < 1.29 is 8.42 Å². The van der Waals surface area contributed by atoms with E-state index in [-0.39, 0.29) is 9.41 Å². The van der Waals surface area contributed by atoms with E-state index in [1.807, 2.05) is 0 Å². The summed E-state index contributed by atoms with van der Waals surface area (Å²) in [7, 11) is -3.62. The smallest absolute Gasteiger partial charge is 0.236 e. The van der Waals surface area contributed by atoms with Crippen LogP contribution in [0, 0.1) is 0 Å². The lowest BCUT2D eigenvalue weighted by Crippen LogP contribution is -2.12. The molecule has 1 heterocycles. The van der Waals surface area contributed by atoms with Crippen molar-refractivity contribution >= 4 is 38.1 Å². The lowest BCUT2D eigenvalue weighted by molar-refractivity contribution is 0.615. The third kappa shape index (κ3) is 1.80. The first-order valence-electron chi connectivity index (χ1n) is 3.96. The Kier molecular flexibility index (Phi) is 2.58. The number of hydrogen-bond acceptors (Lipinski definition) is 3. The highest BCUT2D eigenvalue weighted by Gasteiger charge is 2.29. The van der Waals surface area contributed by atoms with E-state index in [0.29, 0.717) is 10.6 Å². The summed E-state index contributed by atoms with van der Waals surface area (Å²) in [5.74, 6) is 0. The Morgan fingerprint density at radius 3 is 2.47 bits per heavy atom. The summed E-state index contributed by atoms with van der Waals surface area (Å²) in [4.78, 5) is 3.76. The first kappa shape index (κ1) is 10.7. The quantitative estimate of drug-likeness (QED) is 0.780. The van der Waals surface area contributed by atoms with Crippen LogP contribution in [0.25, 0.3) is 0 Å². The highest BCUT2D eigenvalue weighted by Crippen LogP contribution is 2.25. The number of halogens is 2. The molecular formula is C9H5Cl2NO2S. The highest BCUT2D eigenvalue weighted by molar-refractivity contribution is 8.11. The predicted molar refractivity (Wildman–Crippen MR) is 60.8 cm³/mol. The van der Waals surface area contributed by atoms with E-state index in [1.54, 1.807) is 18.2 Å². The molecule has 78 valence electrons. The number of aliphatic imine (C=N–C) groups is 1. The zero-order valence-corrected chi connectivity index (χ0v) is 9.64. The Labute approximate surface area is 97.0 Å². The van der Waals surface area contributed by atoms with Crippen molar-refractivity contribution in [2.75, 3.05) is 0 Å². The van der Waals surface area contributed by atoms with E-state index >= 15 is 0 Å². The lowest BCUT2D eigenvalue weighted by Gasteiger charge is -2.01. The Balaban J connectivity index is 2.54. The van der Waals surface area contributed by atoms with Crippen molar-refractivity contribution in [2.24, 2.45) is 4.99 Å². The SMILES string of the molecule is O=S1(=O)C(Cl)=CN=C1c1cccc(Cl)c1. The monoisotopic (exact) mass is 261 g/mol. The average molecular weight is 262 g/mol. The van der Waals surface area contributed by atoms with Gasteiger partial charge in [-0.1, -0.05) is 35.3 Å². The third-order valence-corrected chi connectivity index (χ3v) is 4.28. The molecule has 0 fully saturated rings. The molecule has 3 nitrogen and oxygen atoms in total. The molecule has 0 radical (unpaired) electrons. The number of rotatable bonds is 1. The van der Waals surface area contributed by atoms with E-state index < -0.39 is 9.84 Å². The summed E-state index contributed by atoms with van der Waals surface area (Å²) in [5.41, 5.74) is 0.439. The molecule has 2 rings (SSSR count). The van der Waals surface area contributed by atoms with E-state index in [9.17, 15) is 8.42 Å². The number of hydrogen-bond donors (Lipinski definition) is 0. The summed E-state index contributed by atoms with van der Waals surface area (Å²) in [6.45, 7) is 0. The molecular weight excluding hydrogens is 257 g/mol. The summed E-state index contributed by atoms with van der Waals surface area (Å²) in [6, 6.07) is 6.46. The molecule has 1 aromatic rings. The summed E-state index contributed by atoms with van der Waals surface area (Å²) in [5, 5.41) is 0.392. The molecule has 1 aromatic carbocycles. The first-order valence-corrected chi connectivity index (χ1v) is 6.20. The van der Waals surface area contributed by atoms with E-state index in [0.717, 1.165) is 6.20 Å². The molecule has 0 saturated carbocycles. The Morgan fingerprint density at radius 2 is 1.93 bits per heavy atom. The zero-order valence-electron chi connectivity index (χ0n) is 7.31. The van der Waals surface area contributed by atoms with Gasteiger partial charge in [0.25, 0.3) is 0 Å². The van der Waals surface area contributed by atoms with Gasteiger partial charge in [-0.25, -0.2) is 13.4 Å². The van der Waals surface area contributed by atoms with Crippen molar-refractivity contribution in [1.29, 1.82) is 0 Å². The maximum atomic E-state index is 11.6. The molecule has 0 bridgehead atoms. The van der Waals surface area contributed by atoms with Crippen molar-refractivity contribution in [3.05, 3.63) is 45.4 Å². The molecule has 0 spiro atoms. The summed E-state index contributed by atoms with van der Waals surface area (Å²) in [6.07, 6.45) is 1.12. The molecule has 0 aromatic heterocycles. The molecule has 0 N–H and O–H groups in total. The van der Waals surface area contributed by atoms with Crippen LogP contribution in [0.1, 0.15) is 5.56 Å². The van der Waals surface area contributed by atoms with Gasteiger partial charge in [0.15, 0.2) is 9.41 Å². The van der Waals surface area contributed by atoms with Gasteiger partial charge in [0.05, 0.1) is 6.20 Å². The van der Waals surface area contributed by atoms with Gasteiger partial charge in [0.1, 0.15) is 0 Å². The van der Waals surface area contributed by atoms with E-state index in [2.05, 4.69) is 4.99 Å². The van der Waals surface area contributed by atoms with E-state index in [4.69, 9.17) is 23.2 Å². The fraction of sp³-hybridized carbons (Fsp3) is 0. The Bertz CT molecular complexity index is 576. The predicted octanol–water partition coefficient (Wildman–Crippen LogP) is 2.55. The molecule has 0 aliphatic carbocycles. The lowest BCUT2D eigenvalue weighted by atomic mass is 10.2. The van der Waals surface area contributed by atoms with Crippen LogP contribution in [0.2, 0.25) is 5.02 Å². The first-order chi connectivity index (χ1) is 7.01. The van der Waals surface area contributed by atoms with Crippen LogP contribution < -0.4 is 0 Å². The fourth-order valence-electron chi connectivity index (χ4n) is 1.19. The van der Waals surface area contributed by atoms with Crippen LogP contribution in [-0.4, -0.2) is 13.5 Å². The van der Waals surface area contributed by atoms with Crippen molar-refractivity contribution in [2.45, 2.75) is 0 Å². The van der Waals surface area contributed by atoms with Crippen molar-refractivity contribution in [1.82, 2.24) is 0 Å². The van der Waals surface area contributed by atoms with Gasteiger partial charge >= 0.3 is 0 Å². The third-order valence-electron chi connectivity index (χ3n) is 1.87. The standard InChI is InChI=1S/C9H5Cl2NO2S/c10-7-3-1-2-6(4-7)9-12-5-8(11)15(9,13)14/h1-5H. The maximum absolute atomic E-state index is 11.6. The molecule has 1 aliphatic rings. The van der Waals surface area contributed by atoms with Gasteiger partial charge in [-0.3, -0.25) is 0 Å². The Morgan fingerprint density at radius 1 is 1.20 bits per heavy atom. The second kappa shape index (κ2) is 3.63. The molecule has 0 unspecified atom stereocenters. The molecule has 0 saturated heterocycles. The van der Waals surface area contributed by atoms with Gasteiger partial charge in [-0.2, -0.15) is 0 Å². The second-order valence-electron chi connectivity index (χ2n) is 2.88. The largest absolute Gasteiger partial charge is 0.241 e. The van der Waals surface area contributed by atoms with Crippen LogP contribution in [-0.2, 0) is 9.84 Å². The van der Waals surface area contributed by atoms with Gasteiger partial charge in [-0.05, 0) is 12.1 Å². The minimum absolute atomic E-state index is 0.0602. The maximum Gasteiger partial charge on any atom is 0.236 e. The van der Waals surface area contributed by atoms with Crippen LogP contribution in [0.3, 0.4) is 0 Å². The van der Waals surface area contributed by atoms with E-state index in [1.165, 1.54) is 6.07 Å². The van der Waals surface area contributed by atoms with Crippen LogP contribution in [0.15, 0.2) is 39.8 Å².